The normalized spacial score (nSPS) is 10.9. The van der Waals surface area contributed by atoms with Gasteiger partial charge in [0.1, 0.15) is 6.61 Å². The highest BCUT2D eigenvalue weighted by Gasteiger charge is 2.09. The average Bonchev–Trinajstić information content (AvgIpc) is 2.87. The van der Waals surface area contributed by atoms with Crippen molar-refractivity contribution in [3.63, 3.8) is 0 Å². The third kappa shape index (κ3) is 5.03. The number of ether oxygens (including phenoxy) is 2. The zero-order valence-corrected chi connectivity index (χ0v) is 18.3. The first kappa shape index (κ1) is 21.7. The highest BCUT2D eigenvalue weighted by Crippen LogP contribution is 2.31. The molecule has 4 nitrogen and oxygen atoms in total. The fourth-order valence-electron chi connectivity index (χ4n) is 3.68. The topological polar surface area (TPSA) is 66.0 Å². The first-order valence-corrected chi connectivity index (χ1v) is 10.7. The number of fused-ring (bicyclic) bond motifs is 1. The van der Waals surface area contributed by atoms with Crippen LogP contribution in [-0.2, 0) is 6.61 Å². The Morgan fingerprint density at radius 2 is 1.67 bits per heavy atom. The van der Waals surface area contributed by atoms with Gasteiger partial charge in [-0.3, -0.25) is 0 Å². The molecule has 0 aliphatic heterocycles. The van der Waals surface area contributed by atoms with Crippen molar-refractivity contribution < 1.29 is 9.47 Å². The van der Waals surface area contributed by atoms with E-state index in [0.29, 0.717) is 41.4 Å². The first-order chi connectivity index (χ1) is 16.2. The number of nitrogens with zero attached hydrogens (tertiary/aromatic N) is 2. The van der Waals surface area contributed by atoms with Gasteiger partial charge in [0.2, 0.25) is 0 Å². The minimum Gasteiger partial charge on any atom is -0.490 e. The number of benzene rings is 4. The van der Waals surface area contributed by atoms with Crippen LogP contribution in [0.5, 0.6) is 11.5 Å². The minimum atomic E-state index is 0.418. The Balaban J connectivity index is 1.61. The van der Waals surface area contributed by atoms with Gasteiger partial charge >= 0.3 is 0 Å². The van der Waals surface area contributed by atoms with Gasteiger partial charge in [0.05, 0.1) is 29.9 Å². The quantitative estimate of drug-likeness (QED) is 0.240. The van der Waals surface area contributed by atoms with Gasteiger partial charge in [0.15, 0.2) is 11.5 Å². The second-order valence-corrected chi connectivity index (χ2v) is 7.43. The van der Waals surface area contributed by atoms with Gasteiger partial charge in [-0.25, -0.2) is 0 Å². The van der Waals surface area contributed by atoms with Crippen LogP contribution in [0.25, 0.3) is 22.4 Å². The van der Waals surface area contributed by atoms with Crippen LogP contribution in [0.1, 0.15) is 29.2 Å². The number of hydrogen-bond donors (Lipinski definition) is 0. The van der Waals surface area contributed by atoms with Crippen molar-refractivity contribution >= 4 is 22.4 Å². The van der Waals surface area contributed by atoms with E-state index in [9.17, 15) is 5.26 Å². The van der Waals surface area contributed by atoms with Crippen LogP contribution in [0, 0.1) is 22.7 Å². The molecular weight excluding hydrogens is 408 g/mol. The molecule has 0 amide bonds. The Hall–Kier alpha value is -4.54. The second kappa shape index (κ2) is 10.2. The number of rotatable bonds is 7. The van der Waals surface area contributed by atoms with E-state index >= 15 is 0 Å². The molecule has 0 unspecified atom stereocenters. The average molecular weight is 431 g/mol. The van der Waals surface area contributed by atoms with Crippen LogP contribution in [-0.4, -0.2) is 6.61 Å². The van der Waals surface area contributed by atoms with Crippen LogP contribution in [0.2, 0.25) is 0 Å². The molecule has 0 saturated heterocycles. The summed E-state index contributed by atoms with van der Waals surface area (Å²) in [5, 5.41) is 21.1. The Bertz CT molecular complexity index is 1400. The van der Waals surface area contributed by atoms with Crippen LogP contribution >= 0.6 is 0 Å². The summed E-state index contributed by atoms with van der Waals surface area (Å²) in [6, 6.07) is 31.4. The standard InChI is InChI=1S/C29H22N2O2/c1-2-32-29-17-21(15-26(19-31)24-10-5-7-22(16-24)18-30)13-14-28(29)33-20-25-11-6-9-23-8-3-4-12-27(23)25/h3-17H,2,20H2,1H3/b26-15-. The third-order valence-electron chi connectivity index (χ3n) is 5.26. The van der Waals surface area contributed by atoms with E-state index in [1.54, 1.807) is 24.3 Å². The van der Waals surface area contributed by atoms with Gasteiger partial charge in [-0.15, -0.1) is 0 Å². The summed E-state index contributed by atoms with van der Waals surface area (Å²) < 4.78 is 12.0. The monoisotopic (exact) mass is 430 g/mol. The second-order valence-electron chi connectivity index (χ2n) is 7.43. The molecule has 0 aliphatic rings. The highest BCUT2D eigenvalue weighted by atomic mass is 16.5. The molecule has 160 valence electrons. The molecular formula is C29H22N2O2. The summed E-state index contributed by atoms with van der Waals surface area (Å²) in [7, 11) is 0. The van der Waals surface area contributed by atoms with E-state index in [-0.39, 0.29) is 0 Å². The molecule has 0 N–H and O–H groups in total. The summed E-state index contributed by atoms with van der Waals surface area (Å²) >= 11 is 0. The zero-order chi connectivity index (χ0) is 23.0. The maximum absolute atomic E-state index is 9.67. The maximum Gasteiger partial charge on any atom is 0.161 e. The van der Waals surface area contributed by atoms with E-state index < -0.39 is 0 Å². The minimum absolute atomic E-state index is 0.418. The molecule has 0 spiro atoms. The van der Waals surface area contributed by atoms with E-state index in [1.807, 2.05) is 49.4 Å². The van der Waals surface area contributed by atoms with E-state index in [0.717, 1.165) is 16.5 Å². The van der Waals surface area contributed by atoms with Gasteiger partial charge in [0, 0.05) is 0 Å². The molecule has 0 aromatic heterocycles. The molecule has 4 aromatic carbocycles. The summed E-state index contributed by atoms with van der Waals surface area (Å²) in [6.07, 6.45) is 1.79. The van der Waals surface area contributed by atoms with Gasteiger partial charge < -0.3 is 9.47 Å². The molecule has 0 saturated carbocycles. The van der Waals surface area contributed by atoms with Gasteiger partial charge in [0.25, 0.3) is 0 Å². The maximum atomic E-state index is 9.67. The summed E-state index contributed by atoms with van der Waals surface area (Å²) in [5.74, 6) is 1.27. The zero-order valence-electron chi connectivity index (χ0n) is 18.3. The van der Waals surface area contributed by atoms with Crippen LogP contribution in [0.4, 0.5) is 0 Å². The molecule has 0 atom stereocenters. The molecule has 33 heavy (non-hydrogen) atoms. The van der Waals surface area contributed by atoms with Crippen molar-refractivity contribution in [1.29, 1.82) is 10.5 Å². The molecule has 4 heteroatoms. The Morgan fingerprint density at radius 3 is 2.48 bits per heavy atom. The van der Waals surface area contributed by atoms with E-state index in [1.165, 1.54) is 5.39 Å². The lowest BCUT2D eigenvalue weighted by molar-refractivity contribution is 0.270. The SMILES string of the molecule is CCOc1cc(/C=C(/C#N)c2cccc(C#N)c2)ccc1OCc1cccc2ccccc12. The Kier molecular flexibility index (Phi) is 6.69. The van der Waals surface area contributed by atoms with Gasteiger partial charge in [-0.2, -0.15) is 10.5 Å². The fourth-order valence-corrected chi connectivity index (χ4v) is 3.68. The van der Waals surface area contributed by atoms with Crippen molar-refractivity contribution in [2.45, 2.75) is 13.5 Å². The molecule has 4 aromatic rings. The van der Waals surface area contributed by atoms with Crippen molar-refractivity contribution in [2.24, 2.45) is 0 Å². The Morgan fingerprint density at radius 1 is 0.848 bits per heavy atom. The Labute approximate surface area is 193 Å². The fraction of sp³-hybridized carbons (Fsp3) is 0.103. The molecule has 4 rings (SSSR count). The first-order valence-electron chi connectivity index (χ1n) is 10.7. The molecule has 0 bridgehead atoms. The molecule has 0 radical (unpaired) electrons. The van der Waals surface area contributed by atoms with E-state index in [4.69, 9.17) is 14.7 Å². The van der Waals surface area contributed by atoms with Crippen molar-refractivity contribution in [3.8, 4) is 23.6 Å². The van der Waals surface area contributed by atoms with Crippen LogP contribution in [0.15, 0.2) is 84.9 Å². The predicted octanol–water partition coefficient (Wildman–Crippen LogP) is 6.75. The highest BCUT2D eigenvalue weighted by molar-refractivity contribution is 5.90. The van der Waals surface area contributed by atoms with E-state index in [2.05, 4.69) is 36.4 Å². The third-order valence-corrected chi connectivity index (χ3v) is 5.26. The summed E-state index contributed by atoms with van der Waals surface area (Å²) in [4.78, 5) is 0. The lowest BCUT2D eigenvalue weighted by Gasteiger charge is -2.14. The smallest absolute Gasteiger partial charge is 0.161 e. The van der Waals surface area contributed by atoms with Crippen molar-refractivity contribution in [2.75, 3.05) is 6.61 Å². The molecule has 0 aliphatic carbocycles. The largest absolute Gasteiger partial charge is 0.490 e. The predicted molar refractivity (Wildman–Crippen MR) is 131 cm³/mol. The van der Waals surface area contributed by atoms with Crippen molar-refractivity contribution in [1.82, 2.24) is 0 Å². The lowest BCUT2D eigenvalue weighted by atomic mass is 10.0. The van der Waals surface area contributed by atoms with Gasteiger partial charge in [-0.05, 0) is 64.7 Å². The van der Waals surface area contributed by atoms with Crippen LogP contribution < -0.4 is 9.47 Å². The number of nitriles is 2. The number of allylic oxidation sites excluding steroid dienone is 1. The summed E-state index contributed by atoms with van der Waals surface area (Å²) in [6.45, 7) is 2.83. The van der Waals surface area contributed by atoms with Crippen molar-refractivity contribution in [3.05, 3.63) is 107 Å². The number of hydrogen-bond acceptors (Lipinski definition) is 4. The lowest BCUT2D eigenvalue weighted by Crippen LogP contribution is -2.00. The molecule has 0 heterocycles. The molecule has 0 fully saturated rings. The summed E-state index contributed by atoms with van der Waals surface area (Å²) in [5.41, 5.74) is 3.60. The van der Waals surface area contributed by atoms with Crippen LogP contribution in [0.3, 0.4) is 0 Å². The van der Waals surface area contributed by atoms with Gasteiger partial charge in [-0.1, -0.05) is 60.7 Å².